The first-order chi connectivity index (χ1) is 4.75. The molecular weight excluding hydrogens is 171 g/mol. The van der Waals surface area contributed by atoms with Crippen molar-refractivity contribution < 1.29 is 0 Å². The van der Waals surface area contributed by atoms with Crippen LogP contribution in [-0.4, -0.2) is 4.98 Å². The highest BCUT2D eigenvalue weighted by molar-refractivity contribution is 6.34. The van der Waals surface area contributed by atoms with Gasteiger partial charge in [-0.05, 0) is 6.07 Å². The number of nitrogen functional groups attached to an aromatic ring is 1. The van der Waals surface area contributed by atoms with E-state index in [0.717, 1.165) is 0 Å². The monoisotopic (exact) mass is 176 g/mol. The van der Waals surface area contributed by atoms with Crippen molar-refractivity contribution in [1.82, 2.24) is 4.98 Å². The van der Waals surface area contributed by atoms with Gasteiger partial charge in [-0.15, -0.1) is 11.6 Å². The van der Waals surface area contributed by atoms with E-state index in [9.17, 15) is 0 Å². The van der Waals surface area contributed by atoms with Crippen LogP contribution in [-0.2, 0) is 5.88 Å². The van der Waals surface area contributed by atoms with Crippen LogP contribution in [0.4, 0.5) is 5.69 Å². The van der Waals surface area contributed by atoms with Gasteiger partial charge in [-0.2, -0.15) is 0 Å². The maximum Gasteiger partial charge on any atom is 0.0863 e. The molecule has 0 bridgehead atoms. The van der Waals surface area contributed by atoms with E-state index in [0.29, 0.717) is 22.3 Å². The van der Waals surface area contributed by atoms with Gasteiger partial charge in [-0.3, -0.25) is 4.98 Å². The third kappa shape index (κ3) is 1.33. The molecule has 1 aromatic heterocycles. The summed E-state index contributed by atoms with van der Waals surface area (Å²) in [6.07, 6.45) is 1.58. The number of pyridine rings is 1. The zero-order valence-corrected chi connectivity index (χ0v) is 6.65. The lowest BCUT2D eigenvalue weighted by Crippen LogP contribution is -1.92. The standard InChI is InChI=1S/C6H6Cl2N2/c7-3-5-6(8)4(9)1-2-10-5/h1-2H,3H2,(H2,9,10). The summed E-state index contributed by atoms with van der Waals surface area (Å²) in [5, 5.41) is 0.456. The number of halogens is 2. The second-order valence-corrected chi connectivity index (χ2v) is 2.44. The zero-order valence-electron chi connectivity index (χ0n) is 5.14. The van der Waals surface area contributed by atoms with E-state index in [4.69, 9.17) is 28.9 Å². The van der Waals surface area contributed by atoms with Crippen molar-refractivity contribution in [3.8, 4) is 0 Å². The molecule has 1 rings (SSSR count). The minimum atomic E-state index is 0.296. The first kappa shape index (κ1) is 7.63. The summed E-state index contributed by atoms with van der Waals surface area (Å²) >= 11 is 11.2. The van der Waals surface area contributed by atoms with E-state index >= 15 is 0 Å². The highest BCUT2D eigenvalue weighted by Gasteiger charge is 2.01. The highest BCUT2D eigenvalue weighted by atomic mass is 35.5. The fraction of sp³-hybridized carbons (Fsp3) is 0.167. The summed E-state index contributed by atoms with van der Waals surface area (Å²) in [5.41, 5.74) is 6.61. The van der Waals surface area contributed by atoms with E-state index < -0.39 is 0 Å². The number of nitrogens with zero attached hydrogens (tertiary/aromatic N) is 1. The number of nitrogens with two attached hydrogens (primary N) is 1. The summed E-state index contributed by atoms with van der Waals surface area (Å²) in [5.74, 6) is 0.296. The summed E-state index contributed by atoms with van der Waals surface area (Å²) in [6, 6.07) is 1.64. The summed E-state index contributed by atoms with van der Waals surface area (Å²) in [7, 11) is 0. The van der Waals surface area contributed by atoms with E-state index in [1.807, 2.05) is 0 Å². The smallest absolute Gasteiger partial charge is 0.0863 e. The molecule has 0 atom stereocenters. The predicted octanol–water partition coefficient (Wildman–Crippen LogP) is 2.06. The van der Waals surface area contributed by atoms with Gasteiger partial charge in [0.15, 0.2) is 0 Å². The number of rotatable bonds is 1. The van der Waals surface area contributed by atoms with Crippen molar-refractivity contribution in [3.05, 3.63) is 23.0 Å². The Hall–Kier alpha value is -0.470. The van der Waals surface area contributed by atoms with Crippen LogP contribution in [0, 0.1) is 0 Å². The van der Waals surface area contributed by atoms with Crippen LogP contribution >= 0.6 is 23.2 Å². The molecule has 0 aliphatic rings. The SMILES string of the molecule is Nc1ccnc(CCl)c1Cl. The third-order valence-corrected chi connectivity index (χ3v) is 1.81. The number of hydrogen-bond donors (Lipinski definition) is 1. The molecule has 1 heterocycles. The lowest BCUT2D eigenvalue weighted by Gasteiger charge is -1.99. The van der Waals surface area contributed by atoms with Crippen molar-refractivity contribution in [2.75, 3.05) is 5.73 Å². The number of aromatic nitrogens is 1. The third-order valence-electron chi connectivity index (χ3n) is 1.12. The van der Waals surface area contributed by atoms with Crippen molar-refractivity contribution in [3.63, 3.8) is 0 Å². The van der Waals surface area contributed by atoms with Crippen molar-refractivity contribution in [2.24, 2.45) is 0 Å². The van der Waals surface area contributed by atoms with E-state index in [1.165, 1.54) is 0 Å². The van der Waals surface area contributed by atoms with Gasteiger partial charge in [0.2, 0.25) is 0 Å². The maximum atomic E-state index is 5.72. The van der Waals surface area contributed by atoms with Crippen LogP contribution in [0.1, 0.15) is 5.69 Å². The fourth-order valence-corrected chi connectivity index (χ4v) is 1.05. The minimum absolute atomic E-state index is 0.296. The van der Waals surface area contributed by atoms with Crippen LogP contribution in [0.2, 0.25) is 5.02 Å². The Balaban J connectivity index is 3.14. The van der Waals surface area contributed by atoms with Gasteiger partial charge in [0.1, 0.15) is 0 Å². The van der Waals surface area contributed by atoms with Crippen molar-refractivity contribution in [1.29, 1.82) is 0 Å². The van der Waals surface area contributed by atoms with Crippen LogP contribution in [0.5, 0.6) is 0 Å². The van der Waals surface area contributed by atoms with Gasteiger partial charge < -0.3 is 5.73 Å². The molecule has 2 nitrogen and oxygen atoms in total. The van der Waals surface area contributed by atoms with E-state index in [-0.39, 0.29) is 0 Å². The zero-order chi connectivity index (χ0) is 7.56. The Labute approximate surface area is 69.0 Å². The van der Waals surface area contributed by atoms with Gasteiger partial charge in [0.25, 0.3) is 0 Å². The molecule has 0 spiro atoms. The second kappa shape index (κ2) is 3.08. The number of hydrogen-bond acceptors (Lipinski definition) is 2. The molecular formula is C6H6Cl2N2. The molecule has 0 aromatic carbocycles. The van der Waals surface area contributed by atoms with Gasteiger partial charge in [0, 0.05) is 6.20 Å². The Morgan fingerprint density at radius 2 is 2.30 bits per heavy atom. The molecule has 0 aliphatic carbocycles. The first-order valence-corrected chi connectivity index (χ1v) is 3.61. The molecule has 1 aromatic rings. The fourth-order valence-electron chi connectivity index (χ4n) is 0.597. The molecule has 0 amide bonds. The molecule has 2 N–H and O–H groups in total. The Kier molecular flexibility index (Phi) is 2.35. The first-order valence-electron chi connectivity index (χ1n) is 2.70. The lowest BCUT2D eigenvalue weighted by molar-refractivity contribution is 1.17. The molecule has 10 heavy (non-hydrogen) atoms. The van der Waals surface area contributed by atoms with Gasteiger partial charge in [0.05, 0.1) is 22.3 Å². The quantitative estimate of drug-likeness (QED) is 0.666. The highest BCUT2D eigenvalue weighted by Crippen LogP contribution is 2.21. The van der Waals surface area contributed by atoms with Crippen molar-refractivity contribution >= 4 is 28.9 Å². The predicted molar refractivity (Wildman–Crippen MR) is 43.2 cm³/mol. The lowest BCUT2D eigenvalue weighted by atomic mass is 10.3. The van der Waals surface area contributed by atoms with Crippen LogP contribution in [0.3, 0.4) is 0 Å². The average molecular weight is 177 g/mol. The molecule has 0 unspecified atom stereocenters. The number of anilines is 1. The van der Waals surface area contributed by atoms with Crippen molar-refractivity contribution in [2.45, 2.75) is 5.88 Å². The summed E-state index contributed by atoms with van der Waals surface area (Å²) < 4.78 is 0. The van der Waals surface area contributed by atoms with Gasteiger partial charge >= 0.3 is 0 Å². The summed E-state index contributed by atoms with van der Waals surface area (Å²) in [6.45, 7) is 0. The van der Waals surface area contributed by atoms with Crippen LogP contribution in [0.25, 0.3) is 0 Å². The molecule has 4 heteroatoms. The summed E-state index contributed by atoms with van der Waals surface area (Å²) in [4.78, 5) is 3.91. The van der Waals surface area contributed by atoms with Gasteiger partial charge in [-0.1, -0.05) is 11.6 Å². The molecule has 0 aliphatic heterocycles. The minimum Gasteiger partial charge on any atom is -0.397 e. The molecule has 0 saturated heterocycles. The Morgan fingerprint density at radius 1 is 1.60 bits per heavy atom. The van der Waals surface area contributed by atoms with Crippen LogP contribution < -0.4 is 5.73 Å². The largest absolute Gasteiger partial charge is 0.397 e. The Bertz CT molecular complexity index is 237. The molecule has 0 fully saturated rings. The molecule has 54 valence electrons. The van der Waals surface area contributed by atoms with Crippen LogP contribution in [0.15, 0.2) is 12.3 Å². The molecule has 0 radical (unpaired) electrons. The Morgan fingerprint density at radius 3 is 2.80 bits per heavy atom. The van der Waals surface area contributed by atoms with E-state index in [2.05, 4.69) is 4.98 Å². The number of alkyl halides is 1. The van der Waals surface area contributed by atoms with Gasteiger partial charge in [-0.25, -0.2) is 0 Å². The maximum absolute atomic E-state index is 5.72. The second-order valence-electron chi connectivity index (χ2n) is 1.79. The molecule has 0 saturated carbocycles. The average Bonchev–Trinajstić information content (AvgIpc) is 1.95. The normalized spacial score (nSPS) is 9.80. The topological polar surface area (TPSA) is 38.9 Å². The van der Waals surface area contributed by atoms with E-state index in [1.54, 1.807) is 12.3 Å².